The summed E-state index contributed by atoms with van der Waals surface area (Å²) in [5, 5.41) is 9.82. The minimum absolute atomic E-state index is 0.212. The van der Waals surface area contributed by atoms with Crippen LogP contribution in [-0.4, -0.2) is 54.5 Å². The molecule has 9 nitrogen and oxygen atoms in total. The van der Waals surface area contributed by atoms with E-state index < -0.39 is 5.97 Å². The van der Waals surface area contributed by atoms with E-state index in [1.54, 1.807) is 32.1 Å². The minimum Gasteiger partial charge on any atom is -0.493 e. The third-order valence-electron chi connectivity index (χ3n) is 4.58. The molecule has 0 radical (unpaired) electrons. The summed E-state index contributed by atoms with van der Waals surface area (Å²) in [5.74, 6) is 0.759. The molecule has 0 unspecified atom stereocenters. The van der Waals surface area contributed by atoms with Gasteiger partial charge in [0.25, 0.3) is 0 Å². The molecule has 0 fully saturated rings. The van der Waals surface area contributed by atoms with Gasteiger partial charge in [-0.2, -0.15) is 5.10 Å². The van der Waals surface area contributed by atoms with Gasteiger partial charge in [-0.3, -0.25) is 5.10 Å². The zero-order chi connectivity index (χ0) is 20.1. The van der Waals surface area contributed by atoms with Crippen LogP contribution in [0.15, 0.2) is 18.2 Å². The summed E-state index contributed by atoms with van der Waals surface area (Å²) >= 11 is 0. The Morgan fingerprint density at radius 2 is 2.04 bits per heavy atom. The van der Waals surface area contributed by atoms with Gasteiger partial charge in [-0.05, 0) is 24.6 Å². The van der Waals surface area contributed by atoms with Crippen LogP contribution >= 0.6 is 0 Å². The van der Waals surface area contributed by atoms with E-state index in [0.29, 0.717) is 43.1 Å². The van der Waals surface area contributed by atoms with Gasteiger partial charge in [0.2, 0.25) is 0 Å². The summed E-state index contributed by atoms with van der Waals surface area (Å²) in [4.78, 5) is 26.3. The molecule has 0 saturated heterocycles. The van der Waals surface area contributed by atoms with E-state index in [-0.39, 0.29) is 18.3 Å². The molecule has 2 N–H and O–H groups in total. The average Bonchev–Trinajstić information content (AvgIpc) is 3.15. The lowest BCUT2D eigenvalue weighted by Gasteiger charge is -2.27. The van der Waals surface area contributed by atoms with Crippen LogP contribution in [0.5, 0.6) is 11.5 Å². The number of carbonyl (C=O) groups is 2. The molecule has 2 aromatic rings. The Kier molecular flexibility index (Phi) is 6.03. The third-order valence-corrected chi connectivity index (χ3v) is 4.58. The Morgan fingerprint density at radius 3 is 2.75 bits per heavy atom. The lowest BCUT2D eigenvalue weighted by Crippen LogP contribution is -2.42. The largest absolute Gasteiger partial charge is 0.493 e. The highest BCUT2D eigenvalue weighted by molar-refractivity contribution is 5.89. The van der Waals surface area contributed by atoms with Crippen molar-refractivity contribution >= 4 is 12.0 Å². The van der Waals surface area contributed by atoms with E-state index in [2.05, 4.69) is 15.5 Å². The van der Waals surface area contributed by atoms with Crippen molar-refractivity contribution in [1.29, 1.82) is 0 Å². The van der Waals surface area contributed by atoms with Gasteiger partial charge in [0.05, 0.1) is 27.4 Å². The number of aromatic amines is 1. The predicted molar refractivity (Wildman–Crippen MR) is 100 cm³/mol. The second kappa shape index (κ2) is 8.64. The number of aromatic nitrogens is 2. The summed E-state index contributed by atoms with van der Waals surface area (Å²) in [6, 6.07) is 5.27. The lowest BCUT2D eigenvalue weighted by atomic mass is 10.1. The van der Waals surface area contributed by atoms with Crippen molar-refractivity contribution in [2.45, 2.75) is 26.4 Å². The quantitative estimate of drug-likeness (QED) is 0.732. The summed E-state index contributed by atoms with van der Waals surface area (Å²) < 4.78 is 15.5. The fraction of sp³-hybridized carbons (Fsp3) is 0.421. The number of esters is 1. The van der Waals surface area contributed by atoms with Gasteiger partial charge in [-0.1, -0.05) is 6.07 Å². The summed E-state index contributed by atoms with van der Waals surface area (Å²) in [6.07, 6.45) is 0.603. The fourth-order valence-corrected chi connectivity index (χ4v) is 3.12. The molecule has 28 heavy (non-hydrogen) atoms. The molecule has 0 bridgehead atoms. The number of nitrogens with one attached hydrogen (secondary N) is 2. The second-order valence-corrected chi connectivity index (χ2v) is 6.27. The number of rotatable bonds is 6. The van der Waals surface area contributed by atoms with E-state index in [1.165, 1.54) is 0 Å². The molecule has 0 aliphatic carbocycles. The van der Waals surface area contributed by atoms with Crippen LogP contribution in [-0.2, 0) is 24.2 Å². The van der Waals surface area contributed by atoms with Crippen molar-refractivity contribution in [3.05, 3.63) is 40.7 Å². The Bertz CT molecular complexity index is 864. The molecule has 0 atom stereocenters. The number of fused-ring (bicyclic) bond motifs is 1. The number of H-pyrrole nitrogens is 1. The van der Waals surface area contributed by atoms with Crippen molar-refractivity contribution in [3.63, 3.8) is 0 Å². The maximum Gasteiger partial charge on any atom is 0.359 e. The van der Waals surface area contributed by atoms with Crippen LogP contribution in [0.4, 0.5) is 4.79 Å². The van der Waals surface area contributed by atoms with Crippen LogP contribution in [0.3, 0.4) is 0 Å². The first-order valence-electron chi connectivity index (χ1n) is 9.04. The predicted octanol–water partition coefficient (Wildman–Crippen LogP) is 1.87. The van der Waals surface area contributed by atoms with Gasteiger partial charge in [0.1, 0.15) is 0 Å². The van der Waals surface area contributed by atoms with Crippen molar-refractivity contribution in [2.24, 2.45) is 0 Å². The van der Waals surface area contributed by atoms with E-state index in [9.17, 15) is 9.59 Å². The highest BCUT2D eigenvalue weighted by atomic mass is 16.5. The van der Waals surface area contributed by atoms with Crippen LogP contribution in [0.1, 0.15) is 34.2 Å². The van der Waals surface area contributed by atoms with Gasteiger partial charge < -0.3 is 24.4 Å². The number of carbonyl (C=O) groups excluding carboxylic acids is 2. The van der Waals surface area contributed by atoms with Crippen molar-refractivity contribution in [3.8, 4) is 11.5 Å². The van der Waals surface area contributed by atoms with E-state index in [4.69, 9.17) is 14.2 Å². The molecule has 9 heteroatoms. The molecule has 0 spiro atoms. The van der Waals surface area contributed by atoms with Gasteiger partial charge >= 0.3 is 12.0 Å². The fourth-order valence-electron chi connectivity index (χ4n) is 3.12. The molecule has 1 aromatic heterocycles. The number of nitrogens with zero attached hydrogens (tertiary/aromatic N) is 2. The average molecular weight is 388 g/mol. The Morgan fingerprint density at radius 1 is 1.25 bits per heavy atom. The summed E-state index contributed by atoms with van der Waals surface area (Å²) in [5.41, 5.74) is 2.71. The number of hydrogen-bond acceptors (Lipinski definition) is 6. The lowest BCUT2D eigenvalue weighted by molar-refractivity contribution is 0.0516. The van der Waals surface area contributed by atoms with Crippen molar-refractivity contribution < 1.29 is 23.8 Å². The van der Waals surface area contributed by atoms with Crippen LogP contribution < -0.4 is 14.8 Å². The molecule has 0 saturated carbocycles. The number of methoxy groups -OCH3 is 2. The Balaban J connectivity index is 1.64. The number of ether oxygens (including phenoxy) is 3. The summed E-state index contributed by atoms with van der Waals surface area (Å²) in [6.45, 7) is 3.20. The molecule has 1 aliphatic heterocycles. The molecule has 1 aliphatic rings. The standard InChI is InChI=1S/C19H24N4O5/c1-4-28-18(24)17-13-11-23(8-7-14(13)21-22-17)19(25)20-10-12-5-6-15(26-2)16(9-12)27-3/h5-6,9H,4,7-8,10-11H2,1-3H3,(H,20,25)(H,21,22). The topological polar surface area (TPSA) is 106 Å². The molecule has 1 aromatic carbocycles. The minimum atomic E-state index is -0.479. The van der Waals surface area contributed by atoms with Gasteiger partial charge in [-0.25, -0.2) is 9.59 Å². The smallest absolute Gasteiger partial charge is 0.359 e. The van der Waals surface area contributed by atoms with Crippen molar-refractivity contribution in [2.75, 3.05) is 27.4 Å². The van der Waals surface area contributed by atoms with Crippen LogP contribution in [0.25, 0.3) is 0 Å². The Hall–Kier alpha value is -3.23. The van der Waals surface area contributed by atoms with Gasteiger partial charge in [0, 0.05) is 30.8 Å². The maximum absolute atomic E-state index is 12.6. The van der Waals surface area contributed by atoms with Gasteiger partial charge in [-0.15, -0.1) is 0 Å². The number of amides is 2. The molecule has 3 rings (SSSR count). The first kappa shape index (κ1) is 19.5. The highest BCUT2D eigenvalue weighted by Crippen LogP contribution is 2.27. The zero-order valence-electron chi connectivity index (χ0n) is 16.2. The van der Waals surface area contributed by atoms with E-state index >= 15 is 0 Å². The number of hydrogen-bond donors (Lipinski definition) is 2. The van der Waals surface area contributed by atoms with Crippen molar-refractivity contribution in [1.82, 2.24) is 20.4 Å². The number of urea groups is 1. The molecular formula is C19H24N4O5. The monoisotopic (exact) mass is 388 g/mol. The third kappa shape index (κ3) is 4.03. The van der Waals surface area contributed by atoms with E-state index in [0.717, 1.165) is 11.3 Å². The normalized spacial score (nSPS) is 12.9. The first-order valence-corrected chi connectivity index (χ1v) is 9.04. The summed E-state index contributed by atoms with van der Waals surface area (Å²) in [7, 11) is 3.14. The molecule has 2 amide bonds. The molecule has 150 valence electrons. The van der Waals surface area contributed by atoms with E-state index in [1.807, 2.05) is 12.1 Å². The Labute approximate surface area is 163 Å². The molecule has 2 heterocycles. The van der Waals surface area contributed by atoms with Gasteiger partial charge in [0.15, 0.2) is 17.2 Å². The highest BCUT2D eigenvalue weighted by Gasteiger charge is 2.28. The SMILES string of the molecule is CCOC(=O)c1n[nH]c2c1CN(C(=O)NCc1ccc(OC)c(OC)c1)CC2. The first-order chi connectivity index (χ1) is 13.6. The maximum atomic E-state index is 12.6. The van der Waals surface area contributed by atoms with Crippen LogP contribution in [0, 0.1) is 0 Å². The second-order valence-electron chi connectivity index (χ2n) is 6.27. The van der Waals surface area contributed by atoms with Crippen LogP contribution in [0.2, 0.25) is 0 Å². The number of benzene rings is 1. The molecular weight excluding hydrogens is 364 g/mol. The zero-order valence-corrected chi connectivity index (χ0v) is 16.2.